The molecule has 1 fully saturated rings. The Morgan fingerprint density at radius 1 is 0.968 bits per heavy atom. The van der Waals surface area contributed by atoms with Crippen LogP contribution in [0, 0.1) is 0 Å². The number of nitrogens with one attached hydrogen (secondary N) is 1. The maximum Gasteiger partial charge on any atom is 0.224 e. The number of amides is 1. The molecule has 2 aliphatic heterocycles. The van der Waals surface area contributed by atoms with Gasteiger partial charge in [0, 0.05) is 50.9 Å². The summed E-state index contributed by atoms with van der Waals surface area (Å²) in [7, 11) is 0. The number of fused-ring (bicyclic) bond motifs is 1. The first-order valence-electron chi connectivity index (χ1n) is 11.0. The summed E-state index contributed by atoms with van der Waals surface area (Å²) < 4.78 is 5.90. The van der Waals surface area contributed by atoms with Crippen LogP contribution in [-0.2, 0) is 17.8 Å². The molecule has 1 saturated heterocycles. The van der Waals surface area contributed by atoms with Crippen LogP contribution in [0.2, 0.25) is 10.0 Å². The number of anilines is 1. The molecule has 0 aromatic heterocycles. The van der Waals surface area contributed by atoms with Crippen LogP contribution in [0.4, 0.5) is 5.69 Å². The number of hydrogen-bond donors (Lipinski definition) is 1. The molecule has 1 N–H and O–H groups in total. The first-order chi connectivity index (χ1) is 15.1. The summed E-state index contributed by atoms with van der Waals surface area (Å²) in [5, 5.41) is 4.23. The normalized spacial score (nSPS) is 17.3. The molecular formula is C24H29Cl2N3O2. The largest absolute Gasteiger partial charge is 0.494 e. The van der Waals surface area contributed by atoms with E-state index < -0.39 is 0 Å². The van der Waals surface area contributed by atoms with E-state index in [4.69, 9.17) is 27.9 Å². The summed E-state index contributed by atoms with van der Waals surface area (Å²) in [5.74, 6) is 0.912. The van der Waals surface area contributed by atoms with Gasteiger partial charge in [0.1, 0.15) is 5.75 Å². The maximum absolute atomic E-state index is 11.6. The molecule has 5 nitrogen and oxygen atoms in total. The SMILES string of the molecule is O=C1CCc2ccc(OCCCCN3CCN(Cc4cccc(Cl)c4Cl)CC3)cc2N1. The van der Waals surface area contributed by atoms with Crippen LogP contribution in [0.1, 0.15) is 30.4 Å². The first kappa shape index (κ1) is 22.4. The van der Waals surface area contributed by atoms with E-state index in [1.807, 2.05) is 24.3 Å². The third kappa shape index (κ3) is 6.13. The van der Waals surface area contributed by atoms with Gasteiger partial charge in [0.15, 0.2) is 0 Å². The summed E-state index contributed by atoms with van der Waals surface area (Å²) in [6, 6.07) is 11.8. The van der Waals surface area contributed by atoms with Crippen molar-refractivity contribution in [3.05, 3.63) is 57.6 Å². The third-order valence-corrected chi connectivity index (χ3v) is 6.86. The number of nitrogens with zero attached hydrogens (tertiary/aromatic N) is 2. The van der Waals surface area contributed by atoms with E-state index in [1.165, 1.54) is 5.56 Å². The van der Waals surface area contributed by atoms with Gasteiger partial charge in [0.2, 0.25) is 5.91 Å². The zero-order valence-electron chi connectivity index (χ0n) is 17.7. The smallest absolute Gasteiger partial charge is 0.224 e. The predicted molar refractivity (Wildman–Crippen MR) is 126 cm³/mol. The quantitative estimate of drug-likeness (QED) is 0.570. The van der Waals surface area contributed by atoms with E-state index in [2.05, 4.69) is 27.2 Å². The van der Waals surface area contributed by atoms with Crippen molar-refractivity contribution in [2.45, 2.75) is 32.2 Å². The van der Waals surface area contributed by atoms with Gasteiger partial charge in [-0.1, -0.05) is 41.4 Å². The summed E-state index contributed by atoms with van der Waals surface area (Å²) in [6.07, 6.45) is 3.50. The number of carbonyl (C=O) groups excluding carboxylic acids is 1. The molecule has 1 amide bonds. The second-order valence-electron chi connectivity index (χ2n) is 8.25. The molecule has 2 aliphatic rings. The molecule has 0 radical (unpaired) electrons. The average molecular weight is 462 g/mol. The number of piperazine rings is 1. The van der Waals surface area contributed by atoms with Crippen molar-refractivity contribution < 1.29 is 9.53 Å². The molecule has 0 unspecified atom stereocenters. The number of ether oxygens (including phenoxy) is 1. The Hall–Kier alpha value is -1.79. The lowest BCUT2D eigenvalue weighted by Crippen LogP contribution is -2.46. The van der Waals surface area contributed by atoms with Gasteiger partial charge < -0.3 is 15.0 Å². The van der Waals surface area contributed by atoms with Crippen molar-refractivity contribution in [1.29, 1.82) is 0 Å². The molecule has 0 spiro atoms. The third-order valence-electron chi connectivity index (χ3n) is 6.00. The van der Waals surface area contributed by atoms with E-state index in [9.17, 15) is 4.79 Å². The summed E-state index contributed by atoms with van der Waals surface area (Å²) in [6.45, 7) is 6.87. The molecule has 2 heterocycles. The highest BCUT2D eigenvalue weighted by atomic mass is 35.5. The molecule has 0 atom stereocenters. The molecule has 2 aromatic rings. The van der Waals surface area contributed by atoms with Gasteiger partial charge in [0.25, 0.3) is 0 Å². The fourth-order valence-corrected chi connectivity index (χ4v) is 4.53. The van der Waals surface area contributed by atoms with Gasteiger partial charge in [-0.25, -0.2) is 0 Å². The number of benzene rings is 2. The molecule has 0 bridgehead atoms. The highest BCUT2D eigenvalue weighted by molar-refractivity contribution is 6.42. The van der Waals surface area contributed by atoms with Crippen LogP contribution >= 0.6 is 23.2 Å². The minimum absolute atomic E-state index is 0.0837. The van der Waals surface area contributed by atoms with Crippen LogP contribution in [0.3, 0.4) is 0 Å². The van der Waals surface area contributed by atoms with Crippen molar-refractivity contribution in [2.24, 2.45) is 0 Å². The first-order valence-corrected chi connectivity index (χ1v) is 11.8. The van der Waals surface area contributed by atoms with Crippen molar-refractivity contribution in [3.63, 3.8) is 0 Å². The number of hydrogen-bond acceptors (Lipinski definition) is 4. The fraction of sp³-hybridized carbons (Fsp3) is 0.458. The monoisotopic (exact) mass is 461 g/mol. The van der Waals surface area contributed by atoms with Gasteiger partial charge in [-0.3, -0.25) is 9.69 Å². The number of halogens is 2. The van der Waals surface area contributed by atoms with Crippen LogP contribution in [0.5, 0.6) is 5.75 Å². The van der Waals surface area contributed by atoms with Crippen molar-refractivity contribution in [3.8, 4) is 5.75 Å². The molecular weight excluding hydrogens is 433 g/mol. The van der Waals surface area contributed by atoms with Crippen molar-refractivity contribution >= 4 is 34.8 Å². The van der Waals surface area contributed by atoms with Gasteiger partial charge in [-0.05, 0) is 49.1 Å². The van der Waals surface area contributed by atoms with E-state index in [0.717, 1.165) is 75.5 Å². The Balaban J connectivity index is 1.12. The summed E-state index contributed by atoms with van der Waals surface area (Å²) in [4.78, 5) is 16.5. The Bertz CT molecular complexity index is 914. The van der Waals surface area contributed by atoms with Gasteiger partial charge in [-0.15, -0.1) is 0 Å². The van der Waals surface area contributed by atoms with Crippen LogP contribution in [0.25, 0.3) is 0 Å². The lowest BCUT2D eigenvalue weighted by molar-refractivity contribution is -0.116. The Morgan fingerprint density at radius 3 is 2.61 bits per heavy atom. The highest BCUT2D eigenvalue weighted by Crippen LogP contribution is 2.28. The van der Waals surface area contributed by atoms with E-state index in [0.29, 0.717) is 23.1 Å². The molecule has 2 aromatic carbocycles. The molecule has 31 heavy (non-hydrogen) atoms. The minimum atomic E-state index is 0.0837. The predicted octanol–water partition coefficient (Wildman–Crippen LogP) is 4.85. The lowest BCUT2D eigenvalue weighted by Gasteiger charge is -2.34. The van der Waals surface area contributed by atoms with Crippen LogP contribution in [-0.4, -0.2) is 55.0 Å². The second kappa shape index (κ2) is 10.7. The van der Waals surface area contributed by atoms with E-state index in [1.54, 1.807) is 0 Å². The molecule has 7 heteroatoms. The number of unbranched alkanes of at least 4 members (excludes halogenated alkanes) is 1. The molecule has 0 saturated carbocycles. The number of rotatable bonds is 8. The summed E-state index contributed by atoms with van der Waals surface area (Å²) in [5.41, 5.74) is 3.18. The topological polar surface area (TPSA) is 44.8 Å². The standard InChI is InChI=1S/C24H29Cl2N3O2/c25-21-5-3-4-19(24(21)26)17-29-13-11-28(12-14-29)10-1-2-15-31-20-8-6-18-7-9-23(30)27-22(18)16-20/h3-6,8,16H,1-2,7,9-15,17H2,(H,27,30). The summed E-state index contributed by atoms with van der Waals surface area (Å²) >= 11 is 12.5. The Morgan fingerprint density at radius 2 is 1.77 bits per heavy atom. The van der Waals surface area contributed by atoms with Crippen LogP contribution < -0.4 is 10.1 Å². The average Bonchev–Trinajstić information content (AvgIpc) is 2.77. The Kier molecular flexibility index (Phi) is 7.72. The lowest BCUT2D eigenvalue weighted by atomic mass is 10.0. The number of aryl methyl sites for hydroxylation is 1. The number of carbonyl (C=O) groups is 1. The zero-order valence-corrected chi connectivity index (χ0v) is 19.2. The zero-order chi connectivity index (χ0) is 21.6. The van der Waals surface area contributed by atoms with Crippen LogP contribution in [0.15, 0.2) is 36.4 Å². The van der Waals surface area contributed by atoms with Gasteiger partial charge in [-0.2, -0.15) is 0 Å². The minimum Gasteiger partial charge on any atom is -0.494 e. The van der Waals surface area contributed by atoms with Gasteiger partial charge in [0.05, 0.1) is 16.7 Å². The van der Waals surface area contributed by atoms with E-state index in [-0.39, 0.29) is 5.91 Å². The molecule has 0 aliphatic carbocycles. The highest BCUT2D eigenvalue weighted by Gasteiger charge is 2.18. The maximum atomic E-state index is 11.6. The van der Waals surface area contributed by atoms with Gasteiger partial charge >= 0.3 is 0 Å². The van der Waals surface area contributed by atoms with Crippen molar-refractivity contribution in [1.82, 2.24) is 9.80 Å². The molecule has 4 rings (SSSR count). The van der Waals surface area contributed by atoms with E-state index >= 15 is 0 Å². The second-order valence-corrected chi connectivity index (χ2v) is 9.04. The molecule has 166 valence electrons. The Labute approximate surface area is 194 Å². The fourth-order valence-electron chi connectivity index (χ4n) is 4.15. The van der Waals surface area contributed by atoms with Crippen molar-refractivity contribution in [2.75, 3.05) is 44.6 Å².